The topological polar surface area (TPSA) is 46.6 Å². The minimum Gasteiger partial charge on any atom is -0.298 e. The van der Waals surface area contributed by atoms with Gasteiger partial charge in [-0.05, 0) is 35.7 Å². The summed E-state index contributed by atoms with van der Waals surface area (Å²) in [5.74, 6) is -0.794. The van der Waals surface area contributed by atoms with Gasteiger partial charge < -0.3 is 0 Å². The van der Waals surface area contributed by atoms with E-state index in [-0.39, 0.29) is 11.1 Å². The van der Waals surface area contributed by atoms with E-state index in [0.29, 0.717) is 22.1 Å². The molecule has 3 rings (SSSR count). The Labute approximate surface area is 173 Å². The minimum absolute atomic E-state index is 0.0744. The van der Waals surface area contributed by atoms with Crippen LogP contribution in [-0.4, -0.2) is 29.8 Å². The number of hydroxylamine groups is 2. The van der Waals surface area contributed by atoms with Crippen LogP contribution in [0.2, 0.25) is 0 Å². The average molecular weight is 437 g/mol. The predicted octanol–water partition coefficient (Wildman–Crippen LogP) is 5.98. The van der Waals surface area contributed by atoms with Gasteiger partial charge in [-0.2, -0.15) is 17.5 Å². The summed E-state index contributed by atoms with van der Waals surface area (Å²) in [6, 6.07) is 17.7. The maximum Gasteiger partial charge on any atom is 0.470 e. The van der Waals surface area contributed by atoms with Gasteiger partial charge in [0.2, 0.25) is 0 Å². The van der Waals surface area contributed by atoms with Gasteiger partial charge in [0.05, 0.1) is 5.56 Å². The Morgan fingerprint density at radius 2 is 1.76 bits per heavy atom. The van der Waals surface area contributed by atoms with Crippen molar-refractivity contribution >= 4 is 46.8 Å². The average Bonchev–Trinajstić information content (AvgIpc) is 2.71. The van der Waals surface area contributed by atoms with Gasteiger partial charge in [0, 0.05) is 27.8 Å². The lowest BCUT2D eigenvalue weighted by atomic mass is 9.99. The summed E-state index contributed by atoms with van der Waals surface area (Å²) in [5.41, 5.74) is -4.32. The molecule has 0 heterocycles. The Balaban J connectivity index is 2.03. The number of fused-ring (bicyclic) bond motifs is 1. The Hall–Kier alpha value is -2.49. The first-order valence-corrected chi connectivity index (χ1v) is 9.80. The molecule has 0 saturated heterocycles. The third-order valence-electron chi connectivity index (χ3n) is 3.89. The van der Waals surface area contributed by atoms with Crippen molar-refractivity contribution in [3.63, 3.8) is 0 Å². The molecule has 0 N–H and O–H groups in total. The maximum absolute atomic E-state index is 12.7. The Morgan fingerprint density at radius 1 is 1.03 bits per heavy atom. The van der Waals surface area contributed by atoms with Crippen LogP contribution in [0.1, 0.15) is 20.7 Å². The van der Waals surface area contributed by atoms with Crippen molar-refractivity contribution in [3.8, 4) is 0 Å². The highest BCUT2D eigenvalue weighted by atomic mass is 32.2. The first-order valence-electron chi connectivity index (χ1n) is 8.24. The van der Waals surface area contributed by atoms with Crippen LogP contribution >= 0.6 is 23.8 Å². The van der Waals surface area contributed by atoms with Crippen molar-refractivity contribution in [2.75, 3.05) is 7.05 Å². The molecule has 29 heavy (non-hydrogen) atoms. The van der Waals surface area contributed by atoms with Gasteiger partial charge in [0.1, 0.15) is 12.0 Å². The first kappa shape index (κ1) is 21.2. The summed E-state index contributed by atoms with van der Waals surface area (Å²) >= 11 is 0.670. The van der Waals surface area contributed by atoms with Crippen LogP contribution in [0.3, 0.4) is 0 Å². The van der Waals surface area contributed by atoms with Gasteiger partial charge in [-0.1, -0.05) is 42.1 Å². The number of nitrogens with zero attached hydrogens (tertiary/aromatic N) is 1. The third-order valence-corrected chi connectivity index (χ3v) is 5.46. The molecule has 3 aromatic rings. The van der Waals surface area contributed by atoms with Gasteiger partial charge in [0.15, 0.2) is 6.29 Å². The molecule has 9 heteroatoms. The number of amides is 1. The molecular formula is C20H14F3NO3S2. The second kappa shape index (κ2) is 8.89. The molecular weight excluding hydrogens is 423 g/mol. The standard InChI is InChI=1S/C20H14F3NO3S2/c1-24(27-29-20(21,22)23)19(26)16-9-5-8-15-17(11-10-13(12-25)18(15)16)28-14-6-3-2-4-7-14/h2-12H,1H3. The summed E-state index contributed by atoms with van der Waals surface area (Å²) < 4.78 is 41.5. The van der Waals surface area contributed by atoms with Gasteiger partial charge in [0.25, 0.3) is 5.91 Å². The SMILES string of the molecule is CN(OSC(F)(F)F)C(=O)c1cccc2c(Sc3ccccc3)ccc(C=O)c12. The van der Waals surface area contributed by atoms with Crippen LogP contribution in [0.4, 0.5) is 13.2 Å². The summed E-state index contributed by atoms with van der Waals surface area (Å²) in [7, 11) is 1.09. The fourth-order valence-electron chi connectivity index (χ4n) is 2.69. The normalized spacial score (nSPS) is 11.4. The van der Waals surface area contributed by atoms with E-state index in [1.165, 1.54) is 17.8 Å². The number of aldehydes is 1. The Bertz CT molecular complexity index is 1040. The van der Waals surface area contributed by atoms with Gasteiger partial charge in [-0.15, -0.1) is 0 Å². The second-order valence-electron chi connectivity index (χ2n) is 5.82. The van der Waals surface area contributed by atoms with E-state index >= 15 is 0 Å². The van der Waals surface area contributed by atoms with Crippen molar-refractivity contribution < 1.29 is 27.0 Å². The van der Waals surface area contributed by atoms with Crippen LogP contribution in [-0.2, 0) is 4.28 Å². The molecule has 0 unspecified atom stereocenters. The zero-order valence-corrected chi connectivity index (χ0v) is 16.6. The lowest BCUT2D eigenvalue weighted by molar-refractivity contribution is -0.0586. The number of hydrogen-bond acceptors (Lipinski definition) is 5. The van der Waals surface area contributed by atoms with E-state index in [9.17, 15) is 22.8 Å². The van der Waals surface area contributed by atoms with E-state index < -0.39 is 23.5 Å². The molecule has 0 aliphatic carbocycles. The largest absolute Gasteiger partial charge is 0.470 e. The third kappa shape index (κ3) is 5.11. The molecule has 0 fully saturated rings. The quantitative estimate of drug-likeness (QED) is 0.270. The highest BCUT2D eigenvalue weighted by Gasteiger charge is 2.32. The molecule has 3 aromatic carbocycles. The molecule has 0 spiro atoms. The molecule has 0 aromatic heterocycles. The molecule has 0 atom stereocenters. The van der Waals surface area contributed by atoms with E-state index in [1.54, 1.807) is 24.3 Å². The monoisotopic (exact) mass is 437 g/mol. The molecule has 0 saturated carbocycles. The summed E-state index contributed by atoms with van der Waals surface area (Å²) in [5, 5.41) is 1.51. The molecule has 4 nitrogen and oxygen atoms in total. The number of rotatable bonds is 6. The smallest absolute Gasteiger partial charge is 0.298 e. The fraction of sp³-hybridized carbons (Fsp3) is 0.100. The van der Waals surface area contributed by atoms with E-state index in [1.807, 2.05) is 30.3 Å². The van der Waals surface area contributed by atoms with E-state index in [4.69, 9.17) is 0 Å². The van der Waals surface area contributed by atoms with E-state index in [2.05, 4.69) is 4.28 Å². The highest BCUT2D eigenvalue weighted by Crippen LogP contribution is 2.37. The molecule has 1 amide bonds. The number of alkyl halides is 3. The lowest BCUT2D eigenvalue weighted by Crippen LogP contribution is -2.26. The first-order chi connectivity index (χ1) is 13.8. The zero-order valence-electron chi connectivity index (χ0n) is 15.0. The molecule has 0 aliphatic heterocycles. The molecule has 150 valence electrons. The predicted molar refractivity (Wildman–Crippen MR) is 107 cm³/mol. The molecule has 0 bridgehead atoms. The lowest BCUT2D eigenvalue weighted by Gasteiger charge is -2.18. The Morgan fingerprint density at radius 3 is 2.41 bits per heavy atom. The van der Waals surface area contributed by atoms with Crippen molar-refractivity contribution in [1.82, 2.24) is 5.06 Å². The van der Waals surface area contributed by atoms with Gasteiger partial charge in [-0.25, -0.2) is 5.06 Å². The molecule has 0 aliphatic rings. The summed E-state index contributed by atoms with van der Waals surface area (Å²) in [6.07, 6.45) is 0.612. The van der Waals surface area contributed by atoms with Crippen molar-refractivity contribution in [1.29, 1.82) is 0 Å². The second-order valence-corrected chi connectivity index (χ2v) is 7.71. The number of hydrogen-bond donors (Lipinski definition) is 0. The maximum atomic E-state index is 12.7. The zero-order chi connectivity index (χ0) is 21.0. The van der Waals surface area contributed by atoms with Crippen LogP contribution in [0.15, 0.2) is 70.5 Å². The van der Waals surface area contributed by atoms with Gasteiger partial charge >= 0.3 is 5.51 Å². The summed E-state index contributed by atoms with van der Waals surface area (Å²) in [4.78, 5) is 26.1. The molecule has 0 radical (unpaired) electrons. The number of carbonyl (C=O) groups excluding carboxylic acids is 2. The van der Waals surface area contributed by atoms with Crippen molar-refractivity contribution in [3.05, 3.63) is 71.8 Å². The van der Waals surface area contributed by atoms with Crippen molar-refractivity contribution in [2.24, 2.45) is 0 Å². The minimum atomic E-state index is -4.65. The van der Waals surface area contributed by atoms with Crippen LogP contribution in [0.25, 0.3) is 10.8 Å². The summed E-state index contributed by atoms with van der Waals surface area (Å²) in [6.45, 7) is 0. The highest BCUT2D eigenvalue weighted by molar-refractivity contribution is 7.99. The van der Waals surface area contributed by atoms with Crippen LogP contribution < -0.4 is 0 Å². The van der Waals surface area contributed by atoms with E-state index in [0.717, 1.165) is 16.8 Å². The number of carbonyl (C=O) groups is 2. The van der Waals surface area contributed by atoms with Crippen LogP contribution in [0, 0.1) is 0 Å². The number of halogens is 3. The van der Waals surface area contributed by atoms with Crippen LogP contribution in [0.5, 0.6) is 0 Å². The number of benzene rings is 3. The van der Waals surface area contributed by atoms with Crippen molar-refractivity contribution in [2.45, 2.75) is 15.3 Å². The van der Waals surface area contributed by atoms with Gasteiger partial charge in [-0.3, -0.25) is 9.59 Å². The Kier molecular flexibility index (Phi) is 6.51. The fourth-order valence-corrected chi connectivity index (χ4v) is 3.92.